The number of hydrogen-bond acceptors (Lipinski definition) is 3. The van der Waals surface area contributed by atoms with Gasteiger partial charge in [-0.05, 0) is 61.9 Å². The predicted molar refractivity (Wildman–Crippen MR) is 101 cm³/mol. The van der Waals surface area contributed by atoms with E-state index in [4.69, 9.17) is 4.74 Å². The van der Waals surface area contributed by atoms with E-state index in [2.05, 4.69) is 5.10 Å². The average molecular weight is 365 g/mol. The highest BCUT2D eigenvalue weighted by Gasteiger charge is 2.31. The molecule has 0 spiro atoms. The van der Waals surface area contributed by atoms with Gasteiger partial charge in [-0.3, -0.25) is 9.48 Å². The number of benzene rings is 2. The normalized spacial score (nSPS) is 16.3. The van der Waals surface area contributed by atoms with Gasteiger partial charge >= 0.3 is 0 Å². The molecule has 0 saturated heterocycles. The third-order valence-corrected chi connectivity index (χ3v) is 4.63. The van der Waals surface area contributed by atoms with Crippen molar-refractivity contribution >= 4 is 11.6 Å². The SMILES string of the molecule is Cc1cccc(OCc2cc3n(n2)[C@H](C)CN(c2ccc(F)cc2)C3=O)c1. The van der Waals surface area contributed by atoms with Gasteiger partial charge in [0.05, 0.1) is 6.04 Å². The molecule has 3 aromatic rings. The van der Waals surface area contributed by atoms with Crippen LogP contribution in [0, 0.1) is 12.7 Å². The fourth-order valence-electron chi connectivity index (χ4n) is 3.28. The first-order valence-electron chi connectivity index (χ1n) is 8.86. The Kier molecular flexibility index (Phi) is 4.39. The van der Waals surface area contributed by atoms with Gasteiger partial charge in [0.15, 0.2) is 0 Å². The summed E-state index contributed by atoms with van der Waals surface area (Å²) >= 11 is 0. The van der Waals surface area contributed by atoms with Gasteiger partial charge in [-0.15, -0.1) is 0 Å². The van der Waals surface area contributed by atoms with Gasteiger partial charge in [-0.2, -0.15) is 5.10 Å². The summed E-state index contributed by atoms with van der Waals surface area (Å²) in [6.07, 6.45) is 0. The van der Waals surface area contributed by atoms with Gasteiger partial charge in [0.1, 0.15) is 29.6 Å². The number of fused-ring (bicyclic) bond motifs is 1. The number of carbonyl (C=O) groups is 1. The first-order chi connectivity index (χ1) is 13.0. The lowest BCUT2D eigenvalue weighted by atomic mass is 10.1. The average Bonchev–Trinajstić information content (AvgIpc) is 3.09. The minimum Gasteiger partial charge on any atom is -0.487 e. The molecule has 0 aliphatic carbocycles. The Bertz CT molecular complexity index is 981. The maximum atomic E-state index is 13.2. The summed E-state index contributed by atoms with van der Waals surface area (Å²) in [5.74, 6) is 0.305. The summed E-state index contributed by atoms with van der Waals surface area (Å²) in [5, 5.41) is 4.55. The van der Waals surface area contributed by atoms with Crippen LogP contribution in [0.15, 0.2) is 54.6 Å². The Labute approximate surface area is 157 Å². The molecule has 2 aromatic carbocycles. The lowest BCUT2D eigenvalue weighted by Crippen LogP contribution is -2.42. The Hall–Kier alpha value is -3.15. The molecule has 0 N–H and O–H groups in total. The third kappa shape index (κ3) is 3.43. The molecular weight excluding hydrogens is 345 g/mol. The lowest BCUT2D eigenvalue weighted by Gasteiger charge is -2.31. The minimum atomic E-state index is -0.322. The van der Waals surface area contributed by atoms with Crippen LogP contribution in [0.3, 0.4) is 0 Å². The largest absolute Gasteiger partial charge is 0.487 e. The van der Waals surface area contributed by atoms with Gasteiger partial charge in [0.25, 0.3) is 5.91 Å². The van der Waals surface area contributed by atoms with Crippen molar-refractivity contribution in [3.63, 3.8) is 0 Å². The maximum Gasteiger partial charge on any atom is 0.276 e. The summed E-state index contributed by atoms with van der Waals surface area (Å²) in [6.45, 7) is 4.79. The molecule has 5 nitrogen and oxygen atoms in total. The molecule has 1 aliphatic rings. The second-order valence-electron chi connectivity index (χ2n) is 6.81. The zero-order valence-corrected chi connectivity index (χ0v) is 15.2. The molecule has 2 heterocycles. The number of amides is 1. The number of hydrogen-bond donors (Lipinski definition) is 0. The summed E-state index contributed by atoms with van der Waals surface area (Å²) in [4.78, 5) is 14.6. The van der Waals surface area contributed by atoms with Crippen molar-refractivity contribution in [3.8, 4) is 5.75 Å². The van der Waals surface area contributed by atoms with Crippen molar-refractivity contribution in [1.82, 2.24) is 9.78 Å². The number of nitrogens with zero attached hydrogens (tertiary/aromatic N) is 3. The standard InChI is InChI=1S/C21H20FN3O2/c1-14-4-3-5-19(10-14)27-13-17-11-20-21(26)24(12-15(2)25(20)23-17)18-8-6-16(22)7-9-18/h3-11,15H,12-13H2,1-2H3/t15-/m1/s1. The van der Waals surface area contributed by atoms with E-state index in [0.717, 1.165) is 11.3 Å². The van der Waals surface area contributed by atoms with Gasteiger partial charge < -0.3 is 9.64 Å². The predicted octanol–water partition coefficient (Wildman–Crippen LogP) is 4.13. The second-order valence-corrected chi connectivity index (χ2v) is 6.81. The van der Waals surface area contributed by atoms with Gasteiger partial charge in [0, 0.05) is 12.2 Å². The minimum absolute atomic E-state index is 0.00970. The number of carbonyl (C=O) groups excluding carboxylic acids is 1. The quantitative estimate of drug-likeness (QED) is 0.698. The Morgan fingerprint density at radius 1 is 1.19 bits per heavy atom. The topological polar surface area (TPSA) is 47.4 Å². The Balaban J connectivity index is 1.55. The fraction of sp³-hybridized carbons (Fsp3) is 0.238. The highest BCUT2D eigenvalue weighted by molar-refractivity contribution is 6.05. The molecule has 6 heteroatoms. The molecule has 138 valence electrons. The summed E-state index contributed by atoms with van der Waals surface area (Å²) in [6, 6.07) is 15.5. The highest BCUT2D eigenvalue weighted by Crippen LogP contribution is 2.27. The van der Waals surface area contributed by atoms with Crippen molar-refractivity contribution in [2.45, 2.75) is 26.5 Å². The van der Waals surface area contributed by atoms with E-state index in [-0.39, 0.29) is 17.8 Å². The molecule has 0 radical (unpaired) electrons. The number of rotatable bonds is 4. The summed E-state index contributed by atoms with van der Waals surface area (Å²) in [5.41, 5.74) is 3.02. The Morgan fingerprint density at radius 2 is 1.96 bits per heavy atom. The Morgan fingerprint density at radius 3 is 2.70 bits per heavy atom. The van der Waals surface area contributed by atoms with E-state index in [1.54, 1.807) is 27.8 Å². The number of aromatic nitrogens is 2. The van der Waals surface area contributed by atoms with Crippen LogP contribution in [0.4, 0.5) is 10.1 Å². The fourth-order valence-corrected chi connectivity index (χ4v) is 3.28. The molecule has 0 unspecified atom stereocenters. The van der Waals surface area contributed by atoms with Crippen molar-refractivity contribution in [3.05, 3.63) is 77.4 Å². The number of anilines is 1. The van der Waals surface area contributed by atoms with E-state index in [1.165, 1.54) is 12.1 Å². The molecule has 1 atom stereocenters. The maximum absolute atomic E-state index is 13.2. The number of ether oxygens (including phenoxy) is 1. The van der Waals surface area contributed by atoms with Crippen LogP contribution in [0.5, 0.6) is 5.75 Å². The summed E-state index contributed by atoms with van der Waals surface area (Å²) in [7, 11) is 0. The van der Waals surface area contributed by atoms with Crippen molar-refractivity contribution in [2.24, 2.45) is 0 Å². The summed E-state index contributed by atoms with van der Waals surface area (Å²) < 4.78 is 20.7. The van der Waals surface area contributed by atoms with Crippen LogP contribution in [0.25, 0.3) is 0 Å². The zero-order chi connectivity index (χ0) is 19.0. The molecule has 0 saturated carbocycles. The van der Waals surface area contributed by atoms with E-state index in [1.807, 2.05) is 38.1 Å². The van der Waals surface area contributed by atoms with Gasteiger partial charge in [-0.1, -0.05) is 12.1 Å². The van der Waals surface area contributed by atoms with Crippen LogP contribution in [0.1, 0.15) is 34.7 Å². The first kappa shape index (κ1) is 17.3. The molecule has 4 rings (SSSR count). The third-order valence-electron chi connectivity index (χ3n) is 4.63. The van der Waals surface area contributed by atoms with E-state index < -0.39 is 0 Å². The molecular formula is C21H20FN3O2. The van der Waals surface area contributed by atoms with Gasteiger partial charge in [0.2, 0.25) is 0 Å². The van der Waals surface area contributed by atoms with E-state index >= 15 is 0 Å². The van der Waals surface area contributed by atoms with Crippen LogP contribution in [-0.4, -0.2) is 22.2 Å². The van der Waals surface area contributed by atoms with Crippen molar-refractivity contribution in [1.29, 1.82) is 0 Å². The number of aryl methyl sites for hydroxylation is 1. The zero-order valence-electron chi connectivity index (χ0n) is 15.2. The molecule has 0 bridgehead atoms. The molecule has 0 fully saturated rings. The molecule has 27 heavy (non-hydrogen) atoms. The second kappa shape index (κ2) is 6.87. The van der Waals surface area contributed by atoms with Crippen LogP contribution >= 0.6 is 0 Å². The van der Waals surface area contributed by atoms with Crippen molar-refractivity contribution in [2.75, 3.05) is 11.4 Å². The van der Waals surface area contributed by atoms with Crippen LogP contribution in [0.2, 0.25) is 0 Å². The number of halogens is 1. The van der Waals surface area contributed by atoms with Crippen LogP contribution in [-0.2, 0) is 6.61 Å². The molecule has 1 aliphatic heterocycles. The highest BCUT2D eigenvalue weighted by atomic mass is 19.1. The molecule has 1 amide bonds. The van der Waals surface area contributed by atoms with Gasteiger partial charge in [-0.25, -0.2) is 4.39 Å². The first-order valence-corrected chi connectivity index (χ1v) is 8.86. The van der Waals surface area contributed by atoms with E-state index in [9.17, 15) is 9.18 Å². The smallest absolute Gasteiger partial charge is 0.276 e. The molecule has 1 aromatic heterocycles. The van der Waals surface area contributed by atoms with Crippen LogP contribution < -0.4 is 9.64 Å². The van der Waals surface area contributed by atoms with E-state index in [0.29, 0.717) is 30.2 Å². The lowest BCUT2D eigenvalue weighted by molar-refractivity contribution is 0.0953. The van der Waals surface area contributed by atoms with Crippen molar-refractivity contribution < 1.29 is 13.9 Å². The monoisotopic (exact) mass is 365 g/mol.